The summed E-state index contributed by atoms with van der Waals surface area (Å²) in [5.41, 5.74) is 1.46. The molecule has 3 aromatic rings. The molecule has 39 heavy (non-hydrogen) atoms. The van der Waals surface area contributed by atoms with E-state index in [4.69, 9.17) is 21.5 Å². The van der Waals surface area contributed by atoms with Gasteiger partial charge in [-0.2, -0.15) is 25.9 Å². The summed E-state index contributed by atoms with van der Waals surface area (Å²) >= 11 is 6.42. The van der Waals surface area contributed by atoms with Gasteiger partial charge >= 0.3 is 22.4 Å². The number of hydrogen-bond acceptors (Lipinski definition) is 6. The van der Waals surface area contributed by atoms with Gasteiger partial charge in [-0.05, 0) is 49.1 Å². The van der Waals surface area contributed by atoms with Crippen LogP contribution in [0.1, 0.15) is 25.3 Å². The highest BCUT2D eigenvalue weighted by Gasteiger charge is 2.38. The van der Waals surface area contributed by atoms with Gasteiger partial charge in [-0.1, -0.05) is 18.5 Å². The number of anilines is 3. The quantitative estimate of drug-likeness (QED) is 0.360. The highest BCUT2D eigenvalue weighted by molar-refractivity contribution is 7.90. The van der Waals surface area contributed by atoms with Gasteiger partial charge in [-0.25, -0.2) is 14.2 Å². The third-order valence-electron chi connectivity index (χ3n) is 5.79. The summed E-state index contributed by atoms with van der Waals surface area (Å²) in [5.74, 6) is -3.41. The third-order valence-corrected chi connectivity index (χ3v) is 7.70. The Labute approximate surface area is 225 Å². The van der Waals surface area contributed by atoms with E-state index in [1.807, 2.05) is 6.92 Å². The number of benzene rings is 2. The van der Waals surface area contributed by atoms with E-state index in [1.165, 1.54) is 21.3 Å². The maximum absolute atomic E-state index is 14.7. The zero-order chi connectivity index (χ0) is 29.1. The Morgan fingerprint density at radius 3 is 2.31 bits per heavy atom. The zero-order valence-corrected chi connectivity index (χ0v) is 22.2. The van der Waals surface area contributed by atoms with Crippen LogP contribution in [0.2, 0.25) is 5.02 Å². The van der Waals surface area contributed by atoms with E-state index in [9.17, 15) is 30.8 Å². The molecule has 1 aliphatic heterocycles. The van der Waals surface area contributed by atoms with Crippen molar-refractivity contribution in [1.82, 2.24) is 13.9 Å². The molecule has 0 spiro atoms. The molecule has 0 bridgehead atoms. The number of hydrogen-bond donors (Lipinski definition) is 3. The van der Waals surface area contributed by atoms with E-state index < -0.39 is 28.2 Å². The van der Waals surface area contributed by atoms with E-state index in [2.05, 4.69) is 15.0 Å². The summed E-state index contributed by atoms with van der Waals surface area (Å²) in [7, 11) is -2.18. The monoisotopic (exact) mass is 593 g/mol. The molecule has 3 N–H and O–H groups in total. The molecule has 2 heterocycles. The number of nitrogens with one attached hydrogen (secondary N) is 2. The number of fused-ring (bicyclic) bond motifs is 1. The van der Waals surface area contributed by atoms with Crippen molar-refractivity contribution in [3.05, 3.63) is 57.3 Å². The number of rotatable bonds is 6. The molecule has 0 saturated carbocycles. The first-order chi connectivity index (χ1) is 18.2. The fourth-order valence-electron chi connectivity index (χ4n) is 3.86. The smallest absolute Gasteiger partial charge is 0.475 e. The molecule has 0 amide bonds. The Balaban J connectivity index is 0.000000532. The van der Waals surface area contributed by atoms with E-state index in [0.717, 1.165) is 18.9 Å². The molecule has 2 aromatic carbocycles. The first-order valence-electron chi connectivity index (χ1n) is 11.5. The molecule has 10 nitrogen and oxygen atoms in total. The number of aromatic nitrogens is 2. The molecule has 1 aliphatic rings. The second kappa shape index (κ2) is 11.8. The zero-order valence-electron chi connectivity index (χ0n) is 20.6. The number of alkyl halides is 3. The van der Waals surface area contributed by atoms with Crippen molar-refractivity contribution in [2.24, 2.45) is 7.05 Å². The predicted octanol–water partition coefficient (Wildman–Crippen LogP) is 4.42. The molecule has 1 fully saturated rings. The largest absolute Gasteiger partial charge is 0.490 e. The Morgan fingerprint density at radius 1 is 1.15 bits per heavy atom. The second-order valence-electron chi connectivity index (χ2n) is 8.43. The molecule has 4 rings (SSSR count). The molecule has 212 valence electrons. The summed E-state index contributed by atoms with van der Waals surface area (Å²) in [5, 5.41) is 10.4. The van der Waals surface area contributed by atoms with Crippen LogP contribution in [0.4, 0.5) is 34.6 Å². The van der Waals surface area contributed by atoms with Crippen LogP contribution in [-0.2, 0) is 28.5 Å². The number of halogens is 5. The lowest BCUT2D eigenvalue weighted by Gasteiger charge is -2.20. The molecule has 16 heteroatoms. The van der Waals surface area contributed by atoms with Crippen molar-refractivity contribution < 1.29 is 35.9 Å². The normalized spacial score (nSPS) is 14.1. The fraction of sp³-hybridized carbons (Fsp3) is 0.348. The minimum atomic E-state index is -5.08. The number of nitrogens with zero attached hydrogens (tertiary/aromatic N) is 3. The average molecular weight is 594 g/mol. The topological polar surface area (TPSA) is 134 Å². The maximum Gasteiger partial charge on any atom is 0.490 e. The lowest BCUT2D eigenvalue weighted by Crippen LogP contribution is -2.33. The van der Waals surface area contributed by atoms with Crippen LogP contribution in [0.5, 0.6) is 0 Å². The summed E-state index contributed by atoms with van der Waals surface area (Å²) in [4.78, 5) is 25.9. The van der Waals surface area contributed by atoms with Gasteiger partial charge in [0.1, 0.15) is 5.82 Å². The van der Waals surface area contributed by atoms with Crippen LogP contribution in [0.15, 0.2) is 35.4 Å². The van der Waals surface area contributed by atoms with E-state index in [1.54, 1.807) is 19.2 Å². The fourth-order valence-corrected chi connectivity index (χ4v) is 5.48. The van der Waals surface area contributed by atoms with Gasteiger partial charge in [0.05, 0.1) is 33.6 Å². The lowest BCUT2D eigenvalue weighted by atomic mass is 10.0. The summed E-state index contributed by atoms with van der Waals surface area (Å²) in [6, 6.07) is 5.80. The minimum absolute atomic E-state index is 0.0684. The van der Waals surface area contributed by atoms with Crippen molar-refractivity contribution in [3.8, 4) is 0 Å². The highest BCUT2D eigenvalue weighted by Crippen LogP contribution is 2.37. The summed E-state index contributed by atoms with van der Waals surface area (Å²) in [6.45, 7) is 2.74. The Bertz CT molecular complexity index is 1560. The van der Waals surface area contributed by atoms with Gasteiger partial charge in [-0.3, -0.25) is 9.52 Å². The van der Waals surface area contributed by atoms with Crippen molar-refractivity contribution in [1.29, 1.82) is 0 Å². The molecule has 1 aromatic heterocycles. The molecule has 1 saturated heterocycles. The van der Waals surface area contributed by atoms with Crippen LogP contribution in [0.3, 0.4) is 0 Å². The minimum Gasteiger partial charge on any atom is -0.475 e. The van der Waals surface area contributed by atoms with Crippen LogP contribution < -0.4 is 15.6 Å². The second-order valence-corrected chi connectivity index (χ2v) is 10.5. The van der Waals surface area contributed by atoms with Crippen molar-refractivity contribution in [3.63, 3.8) is 0 Å². The molecular weight excluding hydrogens is 570 g/mol. The molecule has 0 unspecified atom stereocenters. The van der Waals surface area contributed by atoms with Crippen LogP contribution in [0, 0.1) is 5.82 Å². The Morgan fingerprint density at radius 2 is 1.74 bits per heavy atom. The predicted molar refractivity (Wildman–Crippen MR) is 138 cm³/mol. The number of aliphatic carboxylic acids is 1. The Hall–Kier alpha value is -3.43. The first-order valence-corrected chi connectivity index (χ1v) is 13.3. The highest BCUT2D eigenvalue weighted by atomic mass is 35.5. The van der Waals surface area contributed by atoms with Gasteiger partial charge < -0.3 is 15.0 Å². The number of aryl methyl sites for hydroxylation is 2. The molecule has 0 radical (unpaired) electrons. The Kier molecular flexibility index (Phi) is 9.08. The standard InChI is InChI=1S/C21H23ClFN5O3S.C2HF3O2/c1-3-13-15(8-9-16-18(13)21(29)27(2)12-24-16)25-20-14(23)6-7-17(19(20)22)26-32(30,31)28-10-4-5-11-28;3-2(4,5)1(6)7/h6-9,12,25-26H,3-5,10-11H2,1-2H3;(H,6,7). The van der Waals surface area contributed by atoms with Crippen molar-refractivity contribution in [2.45, 2.75) is 32.4 Å². The third kappa shape index (κ3) is 6.78. The summed E-state index contributed by atoms with van der Waals surface area (Å²) < 4.78 is 76.9. The van der Waals surface area contributed by atoms with Gasteiger partial charge in [0, 0.05) is 25.8 Å². The van der Waals surface area contributed by atoms with Gasteiger partial charge in [0.15, 0.2) is 0 Å². The van der Waals surface area contributed by atoms with Crippen LogP contribution in [-0.4, -0.2) is 52.6 Å². The molecule has 0 atom stereocenters. The number of carboxylic acid groups (broad SMARTS) is 1. The van der Waals surface area contributed by atoms with Crippen molar-refractivity contribution >= 4 is 55.7 Å². The lowest BCUT2D eigenvalue weighted by molar-refractivity contribution is -0.192. The molecular formula is C23H24ClF4N5O5S. The average Bonchev–Trinajstić information content (AvgIpc) is 3.42. The van der Waals surface area contributed by atoms with Gasteiger partial charge in [0.2, 0.25) is 0 Å². The summed E-state index contributed by atoms with van der Waals surface area (Å²) in [6.07, 6.45) is -1.56. The van der Waals surface area contributed by atoms with Gasteiger partial charge in [-0.15, -0.1) is 0 Å². The van der Waals surface area contributed by atoms with Crippen LogP contribution in [0.25, 0.3) is 10.9 Å². The van der Waals surface area contributed by atoms with Gasteiger partial charge in [0.25, 0.3) is 5.56 Å². The number of carboxylic acids is 1. The van der Waals surface area contributed by atoms with Crippen molar-refractivity contribution in [2.75, 3.05) is 23.1 Å². The maximum atomic E-state index is 14.7. The SMILES string of the molecule is CCc1c(Nc2c(F)ccc(NS(=O)(=O)N3CCCC3)c2Cl)ccc2ncn(C)c(=O)c12.O=C(O)C(F)(F)F. The van der Waals surface area contributed by atoms with E-state index in [0.29, 0.717) is 41.7 Å². The van der Waals surface area contributed by atoms with Crippen LogP contribution >= 0.6 is 11.6 Å². The first kappa shape index (κ1) is 30.1. The van der Waals surface area contributed by atoms with E-state index in [-0.39, 0.29) is 22.0 Å². The number of carbonyl (C=O) groups is 1. The van der Waals surface area contributed by atoms with E-state index >= 15 is 0 Å². The molecule has 0 aliphatic carbocycles.